The minimum atomic E-state index is -1.36. The maximum absolute atomic E-state index is 10.5. The first-order valence-electron chi connectivity index (χ1n) is 3.48. The highest BCUT2D eigenvalue weighted by molar-refractivity contribution is 5.96. The van der Waals surface area contributed by atoms with Crippen molar-refractivity contribution in [2.45, 2.75) is 20.8 Å². The molecule has 1 amide bonds. The van der Waals surface area contributed by atoms with E-state index in [1.807, 2.05) is 0 Å². The minimum absolute atomic E-state index is 0.0880. The zero-order valence-corrected chi connectivity index (χ0v) is 7.38. The molecule has 0 aromatic rings. The number of aliphatic carboxylic acids is 1. The molecule has 0 aliphatic carbocycles. The Morgan fingerprint density at radius 2 is 1.75 bits per heavy atom. The lowest BCUT2D eigenvalue weighted by Crippen LogP contribution is -2.32. The lowest BCUT2D eigenvalue weighted by molar-refractivity contribution is -0.300. The summed E-state index contributed by atoms with van der Waals surface area (Å²) in [5.74, 6) is -2.13. The SMILES string of the molecule is CC(C)(C)/C(=C/C(N)=O)C(=O)[O-]. The zero-order chi connectivity index (χ0) is 9.94. The van der Waals surface area contributed by atoms with E-state index < -0.39 is 17.3 Å². The fourth-order valence-corrected chi connectivity index (χ4v) is 0.724. The fourth-order valence-electron chi connectivity index (χ4n) is 0.724. The molecule has 4 nitrogen and oxygen atoms in total. The molecule has 12 heavy (non-hydrogen) atoms. The molecule has 0 rings (SSSR count). The monoisotopic (exact) mass is 170 g/mol. The van der Waals surface area contributed by atoms with Crippen LogP contribution in [0.4, 0.5) is 0 Å². The molecule has 0 aliphatic heterocycles. The molecule has 0 radical (unpaired) electrons. The van der Waals surface area contributed by atoms with Crippen molar-refractivity contribution in [2.24, 2.45) is 11.1 Å². The smallest absolute Gasteiger partial charge is 0.241 e. The molecule has 0 aromatic carbocycles. The molecule has 0 saturated carbocycles. The molecule has 0 bridgehead atoms. The van der Waals surface area contributed by atoms with Crippen LogP contribution in [0.25, 0.3) is 0 Å². The third kappa shape index (κ3) is 3.18. The number of carbonyl (C=O) groups excluding carboxylic acids is 2. The Kier molecular flexibility index (Phi) is 3.01. The van der Waals surface area contributed by atoms with Gasteiger partial charge >= 0.3 is 0 Å². The molecule has 0 heterocycles. The molecule has 0 fully saturated rings. The Hall–Kier alpha value is -1.32. The molecular formula is C8H12NO3-. The molecule has 0 unspecified atom stereocenters. The molecule has 68 valence electrons. The third-order valence-corrected chi connectivity index (χ3v) is 1.31. The van der Waals surface area contributed by atoms with E-state index in [1.54, 1.807) is 20.8 Å². The van der Waals surface area contributed by atoms with Gasteiger partial charge in [0.15, 0.2) is 0 Å². The van der Waals surface area contributed by atoms with Crippen molar-refractivity contribution < 1.29 is 14.7 Å². The number of rotatable bonds is 2. The van der Waals surface area contributed by atoms with E-state index in [1.165, 1.54) is 0 Å². The van der Waals surface area contributed by atoms with Crippen LogP contribution in [0.2, 0.25) is 0 Å². The van der Waals surface area contributed by atoms with Crippen molar-refractivity contribution in [3.05, 3.63) is 11.6 Å². The molecule has 0 atom stereocenters. The van der Waals surface area contributed by atoms with Crippen LogP contribution in [0.15, 0.2) is 11.6 Å². The van der Waals surface area contributed by atoms with E-state index in [0.29, 0.717) is 0 Å². The van der Waals surface area contributed by atoms with Crippen LogP contribution < -0.4 is 10.8 Å². The van der Waals surface area contributed by atoms with Crippen molar-refractivity contribution in [3.63, 3.8) is 0 Å². The van der Waals surface area contributed by atoms with E-state index in [0.717, 1.165) is 6.08 Å². The van der Waals surface area contributed by atoms with Crippen molar-refractivity contribution in [1.82, 2.24) is 0 Å². The summed E-state index contributed by atoms with van der Waals surface area (Å²) in [6.07, 6.45) is 0.884. The summed E-state index contributed by atoms with van der Waals surface area (Å²) in [4.78, 5) is 20.9. The number of carboxylic acids is 1. The molecule has 0 aliphatic rings. The summed E-state index contributed by atoms with van der Waals surface area (Å²) >= 11 is 0. The van der Waals surface area contributed by atoms with E-state index in [-0.39, 0.29) is 5.57 Å². The van der Waals surface area contributed by atoms with Crippen molar-refractivity contribution in [3.8, 4) is 0 Å². The summed E-state index contributed by atoms with van der Waals surface area (Å²) < 4.78 is 0. The number of nitrogens with two attached hydrogens (primary N) is 1. The quantitative estimate of drug-likeness (QED) is 0.550. The van der Waals surface area contributed by atoms with Gasteiger partial charge in [-0.3, -0.25) is 4.79 Å². The third-order valence-electron chi connectivity index (χ3n) is 1.31. The Morgan fingerprint density at radius 1 is 1.33 bits per heavy atom. The Labute approximate surface area is 71.1 Å². The predicted molar refractivity (Wildman–Crippen MR) is 41.7 cm³/mol. The normalized spacial score (nSPS) is 12.8. The van der Waals surface area contributed by atoms with E-state index in [9.17, 15) is 14.7 Å². The van der Waals surface area contributed by atoms with E-state index in [2.05, 4.69) is 0 Å². The number of amides is 1. The summed E-state index contributed by atoms with van der Waals surface area (Å²) in [6.45, 7) is 4.99. The van der Waals surface area contributed by atoms with E-state index in [4.69, 9.17) is 5.73 Å². The molecular weight excluding hydrogens is 158 g/mol. The standard InChI is InChI=1S/C8H13NO3/c1-8(2,3)5(7(11)12)4-6(9)10/h4H,1-3H3,(H2,9,10)(H,11,12)/p-1/b5-4+. The van der Waals surface area contributed by atoms with Crippen LogP contribution in [-0.4, -0.2) is 11.9 Å². The number of primary amides is 1. The lowest BCUT2D eigenvalue weighted by atomic mass is 9.86. The van der Waals surface area contributed by atoms with Gasteiger partial charge in [0.25, 0.3) is 0 Å². The van der Waals surface area contributed by atoms with Gasteiger partial charge < -0.3 is 15.6 Å². The average Bonchev–Trinajstić information content (AvgIpc) is 1.79. The first kappa shape index (κ1) is 10.7. The zero-order valence-electron chi connectivity index (χ0n) is 7.38. The summed E-state index contributed by atoms with van der Waals surface area (Å²) in [7, 11) is 0. The van der Waals surface area contributed by atoms with Crippen LogP contribution in [0.5, 0.6) is 0 Å². The largest absolute Gasteiger partial charge is 0.545 e. The minimum Gasteiger partial charge on any atom is -0.545 e. The van der Waals surface area contributed by atoms with Gasteiger partial charge in [0.1, 0.15) is 0 Å². The van der Waals surface area contributed by atoms with Gasteiger partial charge in [-0.05, 0) is 11.0 Å². The first-order chi connectivity index (χ1) is 5.25. The van der Waals surface area contributed by atoms with Gasteiger partial charge in [-0.1, -0.05) is 20.8 Å². The first-order valence-corrected chi connectivity index (χ1v) is 3.48. The lowest BCUT2D eigenvalue weighted by Gasteiger charge is -2.23. The second-order valence-corrected chi connectivity index (χ2v) is 3.50. The van der Waals surface area contributed by atoms with Gasteiger partial charge in [0.05, 0.1) is 5.97 Å². The van der Waals surface area contributed by atoms with Gasteiger partial charge in [-0.25, -0.2) is 0 Å². The maximum Gasteiger partial charge on any atom is 0.241 e. The number of carboxylic acid groups (broad SMARTS) is 1. The van der Waals surface area contributed by atoms with Gasteiger partial charge in [-0.2, -0.15) is 0 Å². The van der Waals surface area contributed by atoms with Crippen LogP contribution in [-0.2, 0) is 9.59 Å². The highest BCUT2D eigenvalue weighted by Crippen LogP contribution is 2.23. The molecule has 0 aromatic heterocycles. The van der Waals surface area contributed by atoms with Crippen molar-refractivity contribution >= 4 is 11.9 Å². The molecule has 4 heteroatoms. The van der Waals surface area contributed by atoms with Gasteiger partial charge in [0.2, 0.25) is 5.91 Å². The van der Waals surface area contributed by atoms with Crippen LogP contribution in [0, 0.1) is 5.41 Å². The topological polar surface area (TPSA) is 83.2 Å². The Morgan fingerprint density at radius 3 is 1.83 bits per heavy atom. The number of hydrogen-bond acceptors (Lipinski definition) is 3. The summed E-state index contributed by atoms with van der Waals surface area (Å²) in [5, 5.41) is 10.5. The van der Waals surface area contributed by atoms with Crippen molar-refractivity contribution in [1.29, 1.82) is 0 Å². The van der Waals surface area contributed by atoms with Crippen LogP contribution in [0.1, 0.15) is 20.8 Å². The fraction of sp³-hybridized carbons (Fsp3) is 0.500. The maximum atomic E-state index is 10.5. The highest BCUT2D eigenvalue weighted by Gasteiger charge is 2.18. The molecule has 0 saturated heterocycles. The number of hydrogen-bond donors (Lipinski definition) is 1. The highest BCUT2D eigenvalue weighted by atomic mass is 16.4. The van der Waals surface area contributed by atoms with Gasteiger partial charge in [-0.15, -0.1) is 0 Å². The van der Waals surface area contributed by atoms with E-state index >= 15 is 0 Å². The Bertz CT molecular complexity index is 235. The van der Waals surface area contributed by atoms with Crippen LogP contribution >= 0.6 is 0 Å². The van der Waals surface area contributed by atoms with Crippen LogP contribution in [0.3, 0.4) is 0 Å². The summed E-state index contributed by atoms with van der Waals surface area (Å²) in [6, 6.07) is 0. The summed E-state index contributed by atoms with van der Waals surface area (Å²) in [5.41, 5.74) is 4.10. The second-order valence-electron chi connectivity index (χ2n) is 3.50. The predicted octanol–water partition coefficient (Wildman–Crippen LogP) is -0.806. The molecule has 0 spiro atoms. The second kappa shape index (κ2) is 3.38. The average molecular weight is 170 g/mol. The molecule has 2 N–H and O–H groups in total. The number of carbonyl (C=O) groups is 2. The van der Waals surface area contributed by atoms with Gasteiger partial charge in [0, 0.05) is 6.08 Å². The van der Waals surface area contributed by atoms with Crippen molar-refractivity contribution in [2.75, 3.05) is 0 Å². The Balaban J connectivity index is 4.94.